The Bertz CT molecular complexity index is 852. The Balaban J connectivity index is 2.27. The summed E-state index contributed by atoms with van der Waals surface area (Å²) in [5.41, 5.74) is -0.706. The van der Waals surface area contributed by atoms with E-state index in [4.69, 9.17) is 4.74 Å². The standard InChI is InChI=1S/C15H13N3O4/c1-15(2)9-12(10-5-3-7-16-13(10)22-15)17-8-4-6-11(14(17)19)18(20)21/h3-9H,1-2H3. The molecule has 0 saturated heterocycles. The second kappa shape index (κ2) is 4.80. The van der Waals surface area contributed by atoms with Gasteiger partial charge < -0.3 is 4.74 Å². The van der Waals surface area contributed by atoms with Crippen LogP contribution in [0.3, 0.4) is 0 Å². The molecule has 3 heterocycles. The lowest BCUT2D eigenvalue weighted by Gasteiger charge is -2.30. The fraction of sp³-hybridized carbons (Fsp3) is 0.200. The third kappa shape index (κ3) is 2.26. The van der Waals surface area contributed by atoms with Gasteiger partial charge in [0.2, 0.25) is 5.88 Å². The topological polar surface area (TPSA) is 87.3 Å². The maximum Gasteiger partial charge on any atom is 0.334 e. The highest BCUT2D eigenvalue weighted by Crippen LogP contribution is 2.34. The van der Waals surface area contributed by atoms with Gasteiger partial charge in [0.1, 0.15) is 5.60 Å². The van der Waals surface area contributed by atoms with Crippen LogP contribution in [0.5, 0.6) is 5.88 Å². The first kappa shape index (κ1) is 14.0. The Morgan fingerprint density at radius 2 is 2.09 bits per heavy atom. The van der Waals surface area contributed by atoms with Gasteiger partial charge in [0.25, 0.3) is 0 Å². The first-order chi connectivity index (χ1) is 10.4. The van der Waals surface area contributed by atoms with Crippen LogP contribution in [0.25, 0.3) is 5.70 Å². The zero-order valence-electron chi connectivity index (χ0n) is 12.0. The minimum absolute atomic E-state index is 0.392. The number of nitro groups is 1. The summed E-state index contributed by atoms with van der Waals surface area (Å²) in [5, 5.41) is 11.0. The maximum atomic E-state index is 12.3. The average molecular weight is 299 g/mol. The summed E-state index contributed by atoms with van der Waals surface area (Å²) in [4.78, 5) is 26.8. The molecule has 0 radical (unpaired) electrons. The number of pyridine rings is 2. The molecule has 0 atom stereocenters. The molecule has 0 unspecified atom stereocenters. The van der Waals surface area contributed by atoms with Crippen molar-refractivity contribution in [3.05, 3.63) is 68.8 Å². The van der Waals surface area contributed by atoms with E-state index in [-0.39, 0.29) is 0 Å². The van der Waals surface area contributed by atoms with E-state index in [1.54, 1.807) is 24.4 Å². The van der Waals surface area contributed by atoms with Crippen LogP contribution in [0.15, 0.2) is 47.5 Å². The van der Waals surface area contributed by atoms with E-state index in [0.29, 0.717) is 17.1 Å². The molecular weight excluding hydrogens is 286 g/mol. The van der Waals surface area contributed by atoms with E-state index >= 15 is 0 Å². The van der Waals surface area contributed by atoms with Crippen molar-refractivity contribution in [3.8, 4) is 5.88 Å². The average Bonchev–Trinajstić information content (AvgIpc) is 2.45. The maximum absolute atomic E-state index is 12.3. The van der Waals surface area contributed by atoms with Crippen molar-refractivity contribution < 1.29 is 9.66 Å². The molecule has 7 nitrogen and oxygen atoms in total. The van der Waals surface area contributed by atoms with Crippen LogP contribution in [-0.2, 0) is 0 Å². The zero-order valence-corrected chi connectivity index (χ0v) is 12.0. The molecule has 0 N–H and O–H groups in total. The van der Waals surface area contributed by atoms with Crippen molar-refractivity contribution in [2.24, 2.45) is 0 Å². The lowest BCUT2D eigenvalue weighted by Crippen LogP contribution is -2.33. The van der Waals surface area contributed by atoms with Gasteiger partial charge in [-0.25, -0.2) is 4.98 Å². The lowest BCUT2D eigenvalue weighted by atomic mass is 10.0. The minimum Gasteiger partial charge on any atom is -0.467 e. The highest BCUT2D eigenvalue weighted by molar-refractivity contribution is 5.72. The summed E-state index contributed by atoms with van der Waals surface area (Å²) in [6.07, 6.45) is 4.84. The Labute approximate surface area is 125 Å². The van der Waals surface area contributed by atoms with Crippen molar-refractivity contribution in [2.45, 2.75) is 19.4 Å². The van der Waals surface area contributed by atoms with E-state index in [0.717, 1.165) is 0 Å². The van der Waals surface area contributed by atoms with Gasteiger partial charge in [0.15, 0.2) is 0 Å². The molecule has 112 valence electrons. The Morgan fingerprint density at radius 1 is 1.32 bits per heavy atom. The molecule has 0 fully saturated rings. The van der Waals surface area contributed by atoms with Crippen LogP contribution in [0.4, 0.5) is 5.69 Å². The Hall–Kier alpha value is -2.96. The predicted molar refractivity (Wildman–Crippen MR) is 79.7 cm³/mol. The second-order valence-electron chi connectivity index (χ2n) is 5.42. The molecule has 2 aromatic heterocycles. The number of aromatic nitrogens is 2. The van der Waals surface area contributed by atoms with Crippen LogP contribution in [0.1, 0.15) is 19.4 Å². The molecule has 22 heavy (non-hydrogen) atoms. The molecule has 0 spiro atoms. The van der Waals surface area contributed by atoms with E-state index in [1.807, 2.05) is 13.8 Å². The van der Waals surface area contributed by atoms with Gasteiger partial charge in [-0.2, -0.15) is 0 Å². The molecule has 7 heteroatoms. The summed E-state index contributed by atoms with van der Waals surface area (Å²) >= 11 is 0. The molecule has 1 aliphatic rings. The number of ether oxygens (including phenoxy) is 1. The fourth-order valence-corrected chi connectivity index (χ4v) is 2.36. The van der Waals surface area contributed by atoms with Crippen molar-refractivity contribution >= 4 is 11.4 Å². The van der Waals surface area contributed by atoms with Crippen LogP contribution in [-0.4, -0.2) is 20.1 Å². The lowest BCUT2D eigenvalue weighted by molar-refractivity contribution is -0.386. The number of hydrogen-bond donors (Lipinski definition) is 0. The smallest absolute Gasteiger partial charge is 0.334 e. The van der Waals surface area contributed by atoms with E-state index in [9.17, 15) is 14.9 Å². The SMILES string of the molecule is CC1(C)C=C(n2cccc([N+](=O)[O-])c2=O)c2cccnc2O1. The van der Waals surface area contributed by atoms with Crippen molar-refractivity contribution in [2.75, 3.05) is 0 Å². The number of hydrogen-bond acceptors (Lipinski definition) is 5. The normalized spacial score (nSPS) is 15.5. The number of nitrogens with zero attached hydrogens (tertiary/aromatic N) is 3. The molecular formula is C15H13N3O4. The first-order valence-corrected chi connectivity index (χ1v) is 6.63. The van der Waals surface area contributed by atoms with Gasteiger partial charge >= 0.3 is 11.2 Å². The molecule has 3 rings (SSSR count). The molecule has 0 bridgehead atoms. The zero-order chi connectivity index (χ0) is 15.9. The second-order valence-corrected chi connectivity index (χ2v) is 5.42. The third-order valence-electron chi connectivity index (χ3n) is 3.27. The van der Waals surface area contributed by atoms with Gasteiger partial charge in [-0.15, -0.1) is 0 Å². The van der Waals surface area contributed by atoms with Crippen LogP contribution in [0.2, 0.25) is 0 Å². The fourth-order valence-electron chi connectivity index (χ4n) is 2.36. The van der Waals surface area contributed by atoms with Gasteiger partial charge in [-0.3, -0.25) is 19.5 Å². The Morgan fingerprint density at radius 3 is 2.82 bits per heavy atom. The summed E-state index contributed by atoms with van der Waals surface area (Å²) in [6.45, 7) is 3.65. The van der Waals surface area contributed by atoms with Crippen LogP contribution < -0.4 is 10.3 Å². The quantitative estimate of drug-likeness (QED) is 0.626. The highest BCUT2D eigenvalue weighted by Gasteiger charge is 2.29. The minimum atomic E-state index is -0.689. The van der Waals surface area contributed by atoms with Gasteiger partial charge in [-0.1, -0.05) is 0 Å². The van der Waals surface area contributed by atoms with Crippen molar-refractivity contribution in [3.63, 3.8) is 0 Å². The first-order valence-electron chi connectivity index (χ1n) is 6.63. The molecule has 0 aliphatic carbocycles. The van der Waals surface area contributed by atoms with Gasteiger partial charge in [0.05, 0.1) is 16.2 Å². The largest absolute Gasteiger partial charge is 0.467 e. The molecule has 0 saturated carbocycles. The van der Waals surface area contributed by atoms with Gasteiger partial charge in [0, 0.05) is 18.5 Å². The van der Waals surface area contributed by atoms with Crippen molar-refractivity contribution in [1.82, 2.24) is 9.55 Å². The third-order valence-corrected chi connectivity index (χ3v) is 3.27. The van der Waals surface area contributed by atoms with E-state index in [1.165, 1.54) is 22.9 Å². The molecule has 1 aliphatic heterocycles. The Kier molecular flexibility index (Phi) is 3.05. The summed E-state index contributed by atoms with van der Waals surface area (Å²) in [6, 6.07) is 6.14. The summed E-state index contributed by atoms with van der Waals surface area (Å²) in [7, 11) is 0. The molecule has 0 aromatic carbocycles. The van der Waals surface area contributed by atoms with Crippen LogP contribution in [0, 0.1) is 10.1 Å². The number of fused-ring (bicyclic) bond motifs is 1. The van der Waals surface area contributed by atoms with E-state index < -0.39 is 21.8 Å². The summed E-state index contributed by atoms with van der Waals surface area (Å²) in [5.74, 6) is 0.392. The van der Waals surface area contributed by atoms with Crippen LogP contribution >= 0.6 is 0 Å². The van der Waals surface area contributed by atoms with Gasteiger partial charge in [-0.05, 0) is 38.1 Å². The van der Waals surface area contributed by atoms with Crippen molar-refractivity contribution in [1.29, 1.82) is 0 Å². The van der Waals surface area contributed by atoms with E-state index in [2.05, 4.69) is 4.98 Å². The summed E-state index contributed by atoms with van der Waals surface area (Å²) < 4.78 is 7.00. The monoisotopic (exact) mass is 299 g/mol. The molecule has 2 aromatic rings. The number of rotatable bonds is 2. The predicted octanol–water partition coefficient (Wildman–Crippen LogP) is 2.21. The highest BCUT2D eigenvalue weighted by atomic mass is 16.6. The molecule has 0 amide bonds.